The quantitative estimate of drug-likeness (QED) is 0.640. The van der Waals surface area contributed by atoms with Crippen LogP contribution in [0.2, 0.25) is 5.02 Å². The molecule has 0 N–H and O–H groups in total. The van der Waals surface area contributed by atoms with Gasteiger partial charge in [0.05, 0.1) is 0 Å². The fourth-order valence-electron chi connectivity index (χ4n) is 4.70. The first-order valence-corrected chi connectivity index (χ1v) is 13.1. The third kappa shape index (κ3) is 5.03. The highest BCUT2D eigenvalue weighted by Gasteiger charge is 2.40. The summed E-state index contributed by atoms with van der Waals surface area (Å²) in [7, 11) is -3.68. The van der Waals surface area contributed by atoms with Crippen LogP contribution in [-0.2, 0) is 21.4 Å². The van der Waals surface area contributed by atoms with Gasteiger partial charge in [-0.3, -0.25) is 4.79 Å². The minimum atomic E-state index is -3.68. The number of hydrogen-bond acceptors (Lipinski definition) is 4. The molecule has 2 saturated heterocycles. The number of hydrogen-bond donors (Lipinski definition) is 0. The van der Waals surface area contributed by atoms with Gasteiger partial charge in [-0.2, -0.15) is 4.31 Å². The van der Waals surface area contributed by atoms with Crippen molar-refractivity contribution in [2.45, 2.75) is 44.5 Å². The standard InChI is InChI=1S/C24H29ClFN3O3S/c1-17-6-9-24(19-4-3-5-21(25)14-19)33(31,32)29(17)16-20-7-8-22(15-23(20)26)28-12-10-27(11-13-28)18(2)30/h3-5,7-8,14-15,17,24H,6,9-13,16H2,1-2H3/t17-,24+/m0/s1. The Hall–Kier alpha value is -2.16. The summed E-state index contributed by atoms with van der Waals surface area (Å²) in [5, 5.41) is -0.189. The second-order valence-corrected chi connectivity index (χ2v) is 11.3. The van der Waals surface area contributed by atoms with Crippen LogP contribution in [0, 0.1) is 5.82 Å². The van der Waals surface area contributed by atoms with E-state index in [1.807, 2.05) is 17.9 Å². The highest BCUT2D eigenvalue weighted by atomic mass is 35.5. The highest BCUT2D eigenvalue weighted by molar-refractivity contribution is 7.89. The Kier molecular flexibility index (Phi) is 6.98. The minimum absolute atomic E-state index is 0.00913. The Balaban J connectivity index is 1.52. The van der Waals surface area contributed by atoms with Gasteiger partial charge in [0, 0.05) is 62.0 Å². The number of carbonyl (C=O) groups is 1. The van der Waals surface area contributed by atoms with Crippen LogP contribution in [0.3, 0.4) is 0 Å². The van der Waals surface area contributed by atoms with Crippen molar-refractivity contribution >= 4 is 33.2 Å². The van der Waals surface area contributed by atoms with Crippen molar-refractivity contribution in [1.82, 2.24) is 9.21 Å². The molecule has 2 aromatic rings. The molecule has 0 saturated carbocycles. The smallest absolute Gasteiger partial charge is 0.221 e. The largest absolute Gasteiger partial charge is 0.368 e. The lowest BCUT2D eigenvalue weighted by atomic mass is 10.0. The number of piperazine rings is 1. The second kappa shape index (κ2) is 9.60. The molecule has 0 bridgehead atoms. The van der Waals surface area contributed by atoms with E-state index in [0.717, 1.165) is 5.69 Å². The van der Waals surface area contributed by atoms with Crippen LogP contribution in [-0.4, -0.2) is 55.8 Å². The molecule has 4 rings (SSSR count). The molecule has 0 unspecified atom stereocenters. The Morgan fingerprint density at radius 3 is 2.45 bits per heavy atom. The molecule has 2 aliphatic rings. The van der Waals surface area contributed by atoms with Gasteiger partial charge >= 0.3 is 0 Å². The van der Waals surface area contributed by atoms with Crippen LogP contribution in [0.4, 0.5) is 10.1 Å². The summed E-state index contributed by atoms with van der Waals surface area (Å²) in [5.74, 6) is -0.377. The number of halogens is 2. The van der Waals surface area contributed by atoms with Crippen LogP contribution in [0.5, 0.6) is 0 Å². The molecule has 2 heterocycles. The molecule has 2 atom stereocenters. The van der Waals surface area contributed by atoms with Crippen LogP contribution >= 0.6 is 11.6 Å². The van der Waals surface area contributed by atoms with Crippen molar-refractivity contribution in [1.29, 1.82) is 0 Å². The van der Waals surface area contributed by atoms with Gasteiger partial charge in [-0.25, -0.2) is 12.8 Å². The van der Waals surface area contributed by atoms with E-state index in [4.69, 9.17) is 11.6 Å². The molecule has 0 aliphatic carbocycles. The van der Waals surface area contributed by atoms with Gasteiger partial charge in [0.25, 0.3) is 0 Å². The lowest BCUT2D eigenvalue weighted by Gasteiger charge is -2.38. The monoisotopic (exact) mass is 493 g/mol. The predicted octanol–water partition coefficient (Wildman–Crippen LogP) is 4.20. The van der Waals surface area contributed by atoms with E-state index in [2.05, 4.69) is 0 Å². The number of anilines is 1. The maximum absolute atomic E-state index is 15.1. The molecule has 9 heteroatoms. The maximum atomic E-state index is 15.1. The van der Waals surface area contributed by atoms with Gasteiger partial charge in [-0.05, 0) is 49.6 Å². The first kappa shape index (κ1) is 24.0. The molecule has 2 aliphatic heterocycles. The zero-order valence-corrected chi connectivity index (χ0v) is 20.4. The molecule has 2 fully saturated rings. The predicted molar refractivity (Wildman–Crippen MR) is 128 cm³/mol. The van der Waals surface area contributed by atoms with Gasteiger partial charge in [0.15, 0.2) is 0 Å². The summed E-state index contributed by atoms with van der Waals surface area (Å²) in [4.78, 5) is 15.3. The van der Waals surface area contributed by atoms with E-state index in [9.17, 15) is 13.2 Å². The van der Waals surface area contributed by atoms with Gasteiger partial charge < -0.3 is 9.80 Å². The average molecular weight is 494 g/mol. The molecule has 0 aromatic heterocycles. The fraction of sp³-hybridized carbons (Fsp3) is 0.458. The summed E-state index contributed by atoms with van der Waals surface area (Å²) < 4.78 is 43.5. The second-order valence-electron chi connectivity index (χ2n) is 8.83. The average Bonchev–Trinajstić information content (AvgIpc) is 2.77. The van der Waals surface area contributed by atoms with E-state index in [0.29, 0.717) is 55.2 Å². The van der Waals surface area contributed by atoms with E-state index in [1.54, 1.807) is 42.2 Å². The molecule has 1 amide bonds. The Morgan fingerprint density at radius 1 is 1.09 bits per heavy atom. The fourth-order valence-corrected chi connectivity index (χ4v) is 7.08. The molecule has 0 spiro atoms. The van der Waals surface area contributed by atoms with Gasteiger partial charge in [0.2, 0.25) is 15.9 Å². The highest BCUT2D eigenvalue weighted by Crippen LogP contribution is 2.39. The summed E-state index contributed by atoms with van der Waals surface area (Å²) >= 11 is 6.09. The summed E-state index contributed by atoms with van der Waals surface area (Å²) in [6.07, 6.45) is 1.20. The zero-order valence-electron chi connectivity index (χ0n) is 18.9. The van der Waals surface area contributed by atoms with E-state index >= 15 is 4.39 Å². The van der Waals surface area contributed by atoms with Crippen molar-refractivity contribution in [3.8, 4) is 0 Å². The topological polar surface area (TPSA) is 60.9 Å². The van der Waals surface area contributed by atoms with Gasteiger partial charge in [-0.15, -0.1) is 0 Å². The van der Waals surface area contributed by atoms with E-state index in [-0.39, 0.29) is 18.5 Å². The van der Waals surface area contributed by atoms with Gasteiger partial charge in [-0.1, -0.05) is 29.8 Å². The van der Waals surface area contributed by atoms with E-state index < -0.39 is 21.1 Å². The zero-order chi connectivity index (χ0) is 23.8. The van der Waals surface area contributed by atoms with Crippen LogP contribution in [0.1, 0.15) is 43.1 Å². The molecule has 2 aromatic carbocycles. The number of rotatable bonds is 4. The third-order valence-corrected chi connectivity index (χ3v) is 9.30. The number of amides is 1. The molecule has 6 nitrogen and oxygen atoms in total. The van der Waals surface area contributed by atoms with E-state index in [1.165, 1.54) is 10.4 Å². The molecule has 33 heavy (non-hydrogen) atoms. The number of nitrogens with zero attached hydrogens (tertiary/aromatic N) is 3. The Morgan fingerprint density at radius 2 is 1.82 bits per heavy atom. The van der Waals surface area contributed by atoms with Crippen molar-refractivity contribution in [2.75, 3.05) is 31.1 Å². The molecule has 0 radical (unpaired) electrons. The van der Waals surface area contributed by atoms with Gasteiger partial charge in [0.1, 0.15) is 11.1 Å². The third-order valence-electron chi connectivity index (χ3n) is 6.70. The minimum Gasteiger partial charge on any atom is -0.368 e. The Labute approximate surface area is 200 Å². The summed E-state index contributed by atoms with van der Waals surface area (Å²) in [5.41, 5.74) is 1.76. The van der Waals surface area contributed by atoms with Crippen molar-refractivity contribution < 1.29 is 17.6 Å². The summed E-state index contributed by atoms with van der Waals surface area (Å²) in [6.45, 7) is 5.89. The Bertz CT molecular complexity index is 1140. The first-order valence-electron chi connectivity index (χ1n) is 11.2. The SMILES string of the molecule is CC(=O)N1CCN(c2ccc(CN3[C@@H](C)CC[C@H](c4cccc(Cl)c4)S3(=O)=O)c(F)c2)CC1. The molecular weight excluding hydrogens is 465 g/mol. The number of carbonyl (C=O) groups excluding carboxylic acids is 1. The lowest BCUT2D eigenvalue weighted by Crippen LogP contribution is -2.48. The van der Waals surface area contributed by atoms with Crippen molar-refractivity contribution in [2.24, 2.45) is 0 Å². The van der Waals surface area contributed by atoms with Crippen LogP contribution in [0.25, 0.3) is 0 Å². The molecular formula is C24H29ClFN3O3S. The van der Waals surface area contributed by atoms with Crippen LogP contribution in [0.15, 0.2) is 42.5 Å². The summed E-state index contributed by atoms with van der Waals surface area (Å²) in [6, 6.07) is 11.7. The normalized spacial score (nSPS) is 23.5. The van der Waals surface area contributed by atoms with Crippen molar-refractivity contribution in [3.63, 3.8) is 0 Å². The lowest BCUT2D eigenvalue weighted by molar-refractivity contribution is -0.129. The molecule has 178 valence electrons. The van der Waals surface area contributed by atoms with Crippen LogP contribution < -0.4 is 4.90 Å². The van der Waals surface area contributed by atoms with Crippen molar-refractivity contribution in [3.05, 3.63) is 64.4 Å². The first-order chi connectivity index (χ1) is 15.7. The number of benzene rings is 2. The number of sulfonamides is 1. The maximum Gasteiger partial charge on any atom is 0.221 e.